The Labute approximate surface area is 184 Å². The van der Waals surface area contributed by atoms with Crippen LogP contribution < -0.4 is 9.47 Å². The van der Waals surface area contributed by atoms with Gasteiger partial charge in [-0.05, 0) is 44.5 Å². The first-order chi connectivity index (χ1) is 15.0. The number of nitrogens with zero attached hydrogens (tertiary/aromatic N) is 2. The summed E-state index contributed by atoms with van der Waals surface area (Å²) in [7, 11) is 0. The van der Waals surface area contributed by atoms with Gasteiger partial charge in [-0.2, -0.15) is 0 Å². The van der Waals surface area contributed by atoms with Crippen LogP contribution in [0.2, 0.25) is 0 Å². The zero-order valence-electron chi connectivity index (χ0n) is 18.6. The molecule has 0 spiro atoms. The van der Waals surface area contributed by atoms with E-state index in [2.05, 4.69) is 16.9 Å². The molecule has 0 N–H and O–H groups in total. The molecule has 0 aliphatic carbocycles. The topological polar surface area (TPSA) is 79.8 Å². The number of esters is 1. The number of aromatic nitrogens is 2. The molecule has 1 aliphatic rings. The second-order valence-electron chi connectivity index (χ2n) is 8.12. The maximum Gasteiger partial charge on any atom is 0.343 e. The van der Waals surface area contributed by atoms with Gasteiger partial charge in [0.2, 0.25) is 0 Å². The molecule has 0 amide bonds. The van der Waals surface area contributed by atoms with E-state index in [9.17, 15) is 4.79 Å². The molecule has 7 heteroatoms. The summed E-state index contributed by atoms with van der Waals surface area (Å²) in [4.78, 5) is 21.0. The zero-order valence-corrected chi connectivity index (χ0v) is 18.6. The molecule has 168 valence electrons. The Bertz CT molecular complexity index is 821. The van der Waals surface area contributed by atoms with Crippen molar-refractivity contribution in [1.29, 1.82) is 0 Å². The third-order valence-corrected chi connectivity index (χ3v) is 5.00. The predicted molar refractivity (Wildman–Crippen MR) is 117 cm³/mol. The molecule has 0 unspecified atom stereocenters. The van der Waals surface area contributed by atoms with Gasteiger partial charge in [0, 0.05) is 5.56 Å². The van der Waals surface area contributed by atoms with E-state index >= 15 is 0 Å². The van der Waals surface area contributed by atoms with Crippen LogP contribution in [0.15, 0.2) is 36.7 Å². The van der Waals surface area contributed by atoms with Crippen molar-refractivity contribution in [2.75, 3.05) is 13.2 Å². The van der Waals surface area contributed by atoms with E-state index in [1.54, 1.807) is 38.4 Å². The second-order valence-corrected chi connectivity index (χ2v) is 8.12. The molecule has 7 nitrogen and oxygen atoms in total. The Hall–Kier alpha value is -2.51. The number of hydrogen-bond acceptors (Lipinski definition) is 7. The van der Waals surface area contributed by atoms with Gasteiger partial charge < -0.3 is 18.9 Å². The van der Waals surface area contributed by atoms with Gasteiger partial charge >= 0.3 is 5.97 Å². The molecule has 2 aromatic rings. The monoisotopic (exact) mass is 428 g/mol. The zero-order chi connectivity index (χ0) is 22.1. The number of benzene rings is 1. The minimum atomic E-state index is -0.768. The van der Waals surface area contributed by atoms with Gasteiger partial charge in [-0.25, -0.2) is 14.8 Å². The SMILES string of the molecule is CCCCCCCCOc1cnc(-c2ccc(OC(=O)[C@H]3COC(C)(C)O3)cc2)nc1. The lowest BCUT2D eigenvalue weighted by Gasteiger charge is -2.16. The van der Waals surface area contributed by atoms with Crippen LogP contribution >= 0.6 is 0 Å². The van der Waals surface area contributed by atoms with E-state index in [0.717, 1.165) is 12.0 Å². The lowest BCUT2D eigenvalue weighted by atomic mass is 10.1. The smallest absolute Gasteiger partial charge is 0.343 e. The highest BCUT2D eigenvalue weighted by Crippen LogP contribution is 2.25. The summed E-state index contributed by atoms with van der Waals surface area (Å²) in [5, 5.41) is 0. The van der Waals surface area contributed by atoms with Crippen LogP contribution in [-0.4, -0.2) is 41.0 Å². The summed E-state index contributed by atoms with van der Waals surface area (Å²) >= 11 is 0. The first-order valence-corrected chi connectivity index (χ1v) is 11.1. The van der Waals surface area contributed by atoms with E-state index in [0.29, 0.717) is 23.9 Å². The van der Waals surface area contributed by atoms with Crippen LogP contribution in [-0.2, 0) is 14.3 Å². The number of carbonyl (C=O) groups is 1. The summed E-state index contributed by atoms with van der Waals surface area (Å²) < 4.78 is 22.0. The fourth-order valence-electron chi connectivity index (χ4n) is 3.27. The van der Waals surface area contributed by atoms with E-state index in [-0.39, 0.29) is 6.61 Å². The summed E-state index contributed by atoms with van der Waals surface area (Å²) in [5.74, 6) is 0.445. The van der Waals surface area contributed by atoms with Crippen molar-refractivity contribution in [3.05, 3.63) is 36.7 Å². The van der Waals surface area contributed by atoms with Gasteiger partial charge in [0.15, 0.2) is 23.5 Å². The fourth-order valence-corrected chi connectivity index (χ4v) is 3.27. The van der Waals surface area contributed by atoms with Crippen LogP contribution in [0.3, 0.4) is 0 Å². The molecule has 1 saturated heterocycles. The third-order valence-electron chi connectivity index (χ3n) is 5.00. The second kappa shape index (κ2) is 11.2. The fraction of sp³-hybridized carbons (Fsp3) is 0.542. The average Bonchev–Trinajstić information content (AvgIpc) is 3.14. The lowest BCUT2D eigenvalue weighted by molar-refractivity contribution is -0.162. The molecule has 1 aromatic heterocycles. The normalized spacial score (nSPS) is 17.5. The molecular weight excluding hydrogens is 396 g/mol. The predicted octanol–water partition coefficient (Wildman–Crippen LogP) is 4.94. The maximum atomic E-state index is 12.2. The Kier molecular flexibility index (Phi) is 8.37. The summed E-state index contributed by atoms with van der Waals surface area (Å²) in [6, 6.07) is 7.04. The van der Waals surface area contributed by atoms with Crippen molar-refractivity contribution in [1.82, 2.24) is 9.97 Å². The third kappa shape index (κ3) is 7.29. The van der Waals surface area contributed by atoms with Crippen LogP contribution in [0, 0.1) is 0 Å². The Morgan fingerprint density at radius 1 is 1.03 bits per heavy atom. The minimum Gasteiger partial charge on any atom is -0.490 e. The van der Waals surface area contributed by atoms with Crippen LogP contribution in [0.5, 0.6) is 11.5 Å². The number of ether oxygens (including phenoxy) is 4. The molecule has 1 fully saturated rings. The van der Waals surface area contributed by atoms with Crippen molar-refractivity contribution in [3.8, 4) is 22.9 Å². The quantitative estimate of drug-likeness (QED) is 0.285. The standard InChI is InChI=1S/C24H32N2O5/c1-4-5-6-7-8-9-14-28-20-15-25-22(26-16-20)18-10-12-19(13-11-18)30-23(27)21-17-29-24(2,3)31-21/h10-13,15-16,21H,4-9,14,17H2,1-3H3/t21-/m1/s1. The van der Waals surface area contributed by atoms with Crippen molar-refractivity contribution < 1.29 is 23.7 Å². The molecule has 0 saturated carbocycles. The van der Waals surface area contributed by atoms with Gasteiger partial charge in [-0.3, -0.25) is 0 Å². The first-order valence-electron chi connectivity index (χ1n) is 11.1. The van der Waals surface area contributed by atoms with E-state index < -0.39 is 17.9 Å². The molecule has 0 bridgehead atoms. The Morgan fingerprint density at radius 3 is 2.35 bits per heavy atom. The van der Waals surface area contributed by atoms with Crippen molar-refractivity contribution in [3.63, 3.8) is 0 Å². The highest BCUT2D eigenvalue weighted by molar-refractivity contribution is 5.77. The Balaban J connectivity index is 1.44. The van der Waals surface area contributed by atoms with E-state index in [4.69, 9.17) is 18.9 Å². The molecule has 3 rings (SSSR count). The summed E-state index contributed by atoms with van der Waals surface area (Å²) in [6.45, 7) is 6.62. The summed E-state index contributed by atoms with van der Waals surface area (Å²) in [6.07, 6.45) is 10.0. The first kappa shape index (κ1) is 23.2. The van der Waals surface area contributed by atoms with Crippen LogP contribution in [0.1, 0.15) is 59.3 Å². The highest BCUT2D eigenvalue weighted by atomic mass is 16.8. The number of carbonyl (C=O) groups excluding carboxylic acids is 1. The largest absolute Gasteiger partial charge is 0.490 e. The van der Waals surface area contributed by atoms with E-state index in [1.807, 2.05) is 12.1 Å². The molecule has 1 atom stereocenters. The van der Waals surface area contributed by atoms with Crippen LogP contribution in [0.25, 0.3) is 11.4 Å². The molecule has 1 aromatic carbocycles. The van der Waals surface area contributed by atoms with Gasteiger partial charge in [0.1, 0.15) is 5.75 Å². The molecule has 0 radical (unpaired) electrons. The number of hydrogen-bond donors (Lipinski definition) is 0. The molecular formula is C24H32N2O5. The lowest BCUT2D eigenvalue weighted by Crippen LogP contribution is -2.30. The van der Waals surface area contributed by atoms with Gasteiger partial charge in [0.25, 0.3) is 0 Å². The highest BCUT2D eigenvalue weighted by Gasteiger charge is 2.38. The number of rotatable bonds is 11. The number of unbranched alkanes of at least 4 members (excludes halogenated alkanes) is 5. The van der Waals surface area contributed by atoms with Gasteiger partial charge in [0.05, 0.1) is 25.6 Å². The molecule has 31 heavy (non-hydrogen) atoms. The van der Waals surface area contributed by atoms with Crippen LogP contribution in [0.4, 0.5) is 0 Å². The van der Waals surface area contributed by atoms with Gasteiger partial charge in [-0.15, -0.1) is 0 Å². The molecule has 1 aliphatic heterocycles. The minimum absolute atomic E-state index is 0.186. The van der Waals surface area contributed by atoms with E-state index in [1.165, 1.54) is 32.1 Å². The van der Waals surface area contributed by atoms with Crippen molar-refractivity contribution in [2.45, 2.75) is 71.2 Å². The average molecular weight is 429 g/mol. The van der Waals surface area contributed by atoms with Crippen molar-refractivity contribution in [2.24, 2.45) is 0 Å². The Morgan fingerprint density at radius 2 is 1.71 bits per heavy atom. The van der Waals surface area contributed by atoms with Crippen molar-refractivity contribution >= 4 is 5.97 Å². The summed E-state index contributed by atoms with van der Waals surface area (Å²) in [5.41, 5.74) is 0.823. The molecule has 2 heterocycles. The maximum absolute atomic E-state index is 12.2. The van der Waals surface area contributed by atoms with Gasteiger partial charge in [-0.1, -0.05) is 39.0 Å².